The zero-order chi connectivity index (χ0) is 17.0. The van der Waals surface area contributed by atoms with Gasteiger partial charge in [0.2, 0.25) is 5.91 Å². The first-order chi connectivity index (χ1) is 10.9. The molecule has 0 bridgehead atoms. The molecule has 23 heavy (non-hydrogen) atoms. The normalized spacial score (nSPS) is 10.3. The van der Waals surface area contributed by atoms with Gasteiger partial charge >= 0.3 is 0 Å². The third kappa shape index (κ3) is 4.44. The molecule has 1 amide bonds. The van der Waals surface area contributed by atoms with E-state index in [2.05, 4.69) is 5.32 Å². The van der Waals surface area contributed by atoms with E-state index in [-0.39, 0.29) is 12.3 Å². The molecule has 0 spiro atoms. The molecule has 0 unspecified atom stereocenters. The molecule has 2 rings (SSSR count). The number of halogens is 3. The van der Waals surface area contributed by atoms with Crippen LogP contribution in [0.25, 0.3) is 0 Å². The standard InChI is InChI=1S/C16H14Cl3NO3/c1-22-14-4-3-9(5-15(14)23-2)6-16(21)20-13-8-11(18)10(17)7-12(13)19/h3-5,7-8H,6H2,1-2H3,(H,20,21). The van der Waals surface area contributed by atoms with Gasteiger partial charge in [0, 0.05) is 0 Å². The van der Waals surface area contributed by atoms with E-state index in [0.717, 1.165) is 5.56 Å². The Morgan fingerprint density at radius 3 is 2.26 bits per heavy atom. The summed E-state index contributed by atoms with van der Waals surface area (Å²) in [6.45, 7) is 0. The van der Waals surface area contributed by atoms with E-state index < -0.39 is 0 Å². The molecule has 0 saturated heterocycles. The lowest BCUT2D eigenvalue weighted by atomic mass is 10.1. The summed E-state index contributed by atoms with van der Waals surface area (Å²) < 4.78 is 10.4. The molecule has 122 valence electrons. The summed E-state index contributed by atoms with van der Waals surface area (Å²) in [5.74, 6) is 0.923. The number of methoxy groups -OCH3 is 2. The monoisotopic (exact) mass is 373 g/mol. The molecule has 0 aliphatic heterocycles. The molecule has 2 aromatic carbocycles. The largest absolute Gasteiger partial charge is 0.493 e. The van der Waals surface area contributed by atoms with Crippen LogP contribution in [-0.2, 0) is 11.2 Å². The van der Waals surface area contributed by atoms with Crippen LogP contribution >= 0.6 is 34.8 Å². The van der Waals surface area contributed by atoms with Crippen molar-refractivity contribution in [2.45, 2.75) is 6.42 Å². The van der Waals surface area contributed by atoms with E-state index in [1.165, 1.54) is 19.2 Å². The maximum absolute atomic E-state index is 12.2. The van der Waals surface area contributed by atoms with Crippen molar-refractivity contribution in [2.24, 2.45) is 0 Å². The quantitative estimate of drug-likeness (QED) is 0.761. The molecule has 0 aromatic heterocycles. The van der Waals surface area contributed by atoms with Crippen molar-refractivity contribution in [3.05, 3.63) is 51.0 Å². The maximum atomic E-state index is 12.2. The number of carbonyl (C=O) groups excluding carboxylic acids is 1. The first-order valence-electron chi connectivity index (χ1n) is 6.60. The molecule has 4 nitrogen and oxygen atoms in total. The second-order valence-corrected chi connectivity index (χ2v) is 5.88. The van der Waals surface area contributed by atoms with Crippen LogP contribution < -0.4 is 14.8 Å². The molecule has 0 aliphatic rings. The number of hydrogen-bond donors (Lipinski definition) is 1. The van der Waals surface area contributed by atoms with Crippen molar-refractivity contribution in [3.8, 4) is 11.5 Å². The zero-order valence-electron chi connectivity index (χ0n) is 12.5. The van der Waals surface area contributed by atoms with E-state index in [1.54, 1.807) is 25.3 Å². The molecule has 1 N–H and O–H groups in total. The highest BCUT2D eigenvalue weighted by atomic mass is 35.5. The van der Waals surface area contributed by atoms with Crippen molar-refractivity contribution in [1.82, 2.24) is 0 Å². The average molecular weight is 375 g/mol. The molecule has 0 saturated carbocycles. The number of ether oxygens (including phenoxy) is 2. The molecule has 0 aliphatic carbocycles. The zero-order valence-corrected chi connectivity index (χ0v) is 14.7. The van der Waals surface area contributed by atoms with Gasteiger partial charge < -0.3 is 14.8 Å². The number of hydrogen-bond acceptors (Lipinski definition) is 3. The molecule has 0 radical (unpaired) electrons. The molecule has 0 fully saturated rings. The van der Waals surface area contributed by atoms with E-state index in [9.17, 15) is 4.79 Å². The van der Waals surface area contributed by atoms with Crippen molar-refractivity contribution in [3.63, 3.8) is 0 Å². The topological polar surface area (TPSA) is 47.6 Å². The van der Waals surface area contributed by atoms with Gasteiger partial charge in [-0.3, -0.25) is 4.79 Å². The summed E-state index contributed by atoms with van der Waals surface area (Å²) in [5, 5.41) is 3.67. The fourth-order valence-corrected chi connectivity index (χ4v) is 2.58. The molecular weight excluding hydrogens is 361 g/mol. The highest BCUT2D eigenvalue weighted by Gasteiger charge is 2.12. The Morgan fingerprint density at radius 2 is 1.61 bits per heavy atom. The fourth-order valence-electron chi connectivity index (χ4n) is 1.99. The van der Waals surface area contributed by atoms with Gasteiger partial charge in [0.05, 0.1) is 41.4 Å². The summed E-state index contributed by atoms with van der Waals surface area (Å²) in [6, 6.07) is 8.27. The summed E-state index contributed by atoms with van der Waals surface area (Å²) in [4.78, 5) is 12.2. The second kappa shape index (κ2) is 7.77. The Kier molecular flexibility index (Phi) is 5.99. The van der Waals surface area contributed by atoms with Crippen molar-refractivity contribution < 1.29 is 14.3 Å². The number of anilines is 1. The smallest absolute Gasteiger partial charge is 0.228 e. The van der Waals surface area contributed by atoms with Crippen LogP contribution in [0.1, 0.15) is 5.56 Å². The summed E-state index contributed by atoms with van der Waals surface area (Å²) in [6.07, 6.45) is 0.150. The third-order valence-corrected chi connectivity index (χ3v) is 4.13. The average Bonchev–Trinajstić information content (AvgIpc) is 2.52. The number of nitrogens with one attached hydrogen (secondary N) is 1. The van der Waals surface area contributed by atoms with Gasteiger partial charge in [0.25, 0.3) is 0 Å². The maximum Gasteiger partial charge on any atom is 0.228 e. The van der Waals surface area contributed by atoms with Crippen LogP contribution in [0.15, 0.2) is 30.3 Å². The Labute approximate surface area is 149 Å². The minimum Gasteiger partial charge on any atom is -0.493 e. The Hall–Kier alpha value is -1.62. The van der Waals surface area contributed by atoms with Gasteiger partial charge in [-0.15, -0.1) is 0 Å². The van der Waals surface area contributed by atoms with Gasteiger partial charge in [-0.05, 0) is 29.8 Å². The van der Waals surface area contributed by atoms with Crippen molar-refractivity contribution >= 4 is 46.4 Å². The first-order valence-corrected chi connectivity index (χ1v) is 7.73. The lowest BCUT2D eigenvalue weighted by molar-refractivity contribution is -0.115. The van der Waals surface area contributed by atoms with Crippen LogP contribution in [-0.4, -0.2) is 20.1 Å². The van der Waals surface area contributed by atoms with Gasteiger partial charge in [-0.25, -0.2) is 0 Å². The van der Waals surface area contributed by atoms with Gasteiger partial charge in [0.1, 0.15) is 0 Å². The molecule has 2 aromatic rings. The highest BCUT2D eigenvalue weighted by molar-refractivity contribution is 6.44. The number of benzene rings is 2. The molecular formula is C16H14Cl3NO3. The van der Waals surface area contributed by atoms with Crippen molar-refractivity contribution in [1.29, 1.82) is 0 Å². The van der Waals surface area contributed by atoms with E-state index in [1.807, 2.05) is 0 Å². The SMILES string of the molecule is COc1ccc(CC(=O)Nc2cc(Cl)c(Cl)cc2Cl)cc1OC. The third-order valence-electron chi connectivity index (χ3n) is 3.10. The second-order valence-electron chi connectivity index (χ2n) is 4.66. The minimum absolute atomic E-state index is 0.150. The van der Waals surface area contributed by atoms with Gasteiger partial charge in [-0.2, -0.15) is 0 Å². The van der Waals surface area contributed by atoms with E-state index in [0.29, 0.717) is 32.3 Å². The number of amides is 1. The minimum atomic E-state index is -0.238. The van der Waals surface area contributed by atoms with Crippen LogP contribution in [0.2, 0.25) is 15.1 Å². The summed E-state index contributed by atoms with van der Waals surface area (Å²) in [7, 11) is 3.09. The van der Waals surface area contributed by atoms with Crippen LogP contribution in [0.5, 0.6) is 11.5 Å². The number of rotatable bonds is 5. The van der Waals surface area contributed by atoms with Crippen molar-refractivity contribution in [2.75, 3.05) is 19.5 Å². The Bertz CT molecular complexity index is 735. The van der Waals surface area contributed by atoms with E-state index in [4.69, 9.17) is 44.3 Å². The van der Waals surface area contributed by atoms with E-state index >= 15 is 0 Å². The first kappa shape index (κ1) is 17.7. The fraction of sp³-hybridized carbons (Fsp3) is 0.188. The predicted octanol–water partition coefficient (Wildman–Crippen LogP) is 4.85. The van der Waals surface area contributed by atoms with Crippen LogP contribution in [0.4, 0.5) is 5.69 Å². The highest BCUT2D eigenvalue weighted by Crippen LogP contribution is 2.32. The Morgan fingerprint density at radius 1 is 0.957 bits per heavy atom. The summed E-state index contributed by atoms with van der Waals surface area (Å²) in [5.41, 5.74) is 1.18. The molecule has 7 heteroatoms. The van der Waals surface area contributed by atoms with Gasteiger partial charge in [-0.1, -0.05) is 40.9 Å². The number of carbonyl (C=O) groups is 1. The lowest BCUT2D eigenvalue weighted by Gasteiger charge is -2.11. The Balaban J connectivity index is 2.12. The van der Waals surface area contributed by atoms with Crippen LogP contribution in [0, 0.1) is 0 Å². The van der Waals surface area contributed by atoms with Crippen LogP contribution in [0.3, 0.4) is 0 Å². The van der Waals surface area contributed by atoms with Gasteiger partial charge in [0.15, 0.2) is 11.5 Å². The summed E-state index contributed by atoms with van der Waals surface area (Å²) >= 11 is 17.8. The molecule has 0 atom stereocenters. The molecule has 0 heterocycles. The lowest BCUT2D eigenvalue weighted by Crippen LogP contribution is -2.14. The predicted molar refractivity (Wildman–Crippen MR) is 93.4 cm³/mol.